The summed E-state index contributed by atoms with van der Waals surface area (Å²) in [4.78, 5) is 21.7. The zero-order valence-electron chi connectivity index (χ0n) is 20.6. The van der Waals surface area contributed by atoms with Crippen LogP contribution in [0, 0.1) is 13.8 Å². The lowest BCUT2D eigenvalue weighted by Gasteiger charge is -2.13. The van der Waals surface area contributed by atoms with Gasteiger partial charge in [0.05, 0.1) is 24.1 Å². The summed E-state index contributed by atoms with van der Waals surface area (Å²) in [5, 5.41) is 11.5. The van der Waals surface area contributed by atoms with Crippen LogP contribution in [0.5, 0.6) is 11.5 Å². The van der Waals surface area contributed by atoms with E-state index in [9.17, 15) is 4.79 Å². The number of aromatic nitrogens is 5. The molecule has 3 aromatic heterocycles. The number of carbonyl (C=O) groups excluding carboxylic acids is 1. The molecule has 0 aliphatic carbocycles. The first-order chi connectivity index (χ1) is 16.7. The summed E-state index contributed by atoms with van der Waals surface area (Å²) >= 11 is 0. The highest BCUT2D eigenvalue weighted by atomic mass is 16.5. The Labute approximate surface area is 203 Å². The van der Waals surface area contributed by atoms with Gasteiger partial charge in [-0.15, -0.1) is 0 Å². The third kappa shape index (κ3) is 5.16. The Morgan fingerprint density at radius 3 is 2.49 bits per heavy atom. The van der Waals surface area contributed by atoms with E-state index in [0.29, 0.717) is 34.6 Å². The molecule has 4 aromatic rings. The van der Waals surface area contributed by atoms with Crippen molar-refractivity contribution < 1.29 is 18.8 Å². The van der Waals surface area contributed by atoms with Gasteiger partial charge >= 0.3 is 0 Å². The quantitative estimate of drug-likeness (QED) is 0.417. The number of carbonyl (C=O) groups is 1. The number of methoxy groups -OCH3 is 1. The zero-order valence-corrected chi connectivity index (χ0v) is 20.6. The van der Waals surface area contributed by atoms with Gasteiger partial charge in [-0.25, -0.2) is 9.97 Å². The van der Waals surface area contributed by atoms with Gasteiger partial charge in [0, 0.05) is 29.4 Å². The summed E-state index contributed by atoms with van der Waals surface area (Å²) in [6.45, 7) is 10.1. The number of hydrogen-bond donors (Lipinski definition) is 1. The van der Waals surface area contributed by atoms with E-state index in [4.69, 9.17) is 14.0 Å². The lowest BCUT2D eigenvalue weighted by molar-refractivity contribution is 0.102. The van der Waals surface area contributed by atoms with Crippen molar-refractivity contribution in [2.75, 3.05) is 12.4 Å². The molecular formula is C25H28N6O4. The Morgan fingerprint density at radius 1 is 1.11 bits per heavy atom. The molecule has 0 radical (unpaired) electrons. The van der Waals surface area contributed by atoms with E-state index in [0.717, 1.165) is 17.0 Å². The Balaban J connectivity index is 1.58. The second kappa shape index (κ2) is 9.57. The first-order valence-corrected chi connectivity index (χ1v) is 11.1. The Bertz CT molecular complexity index is 1320. The molecule has 3 heterocycles. The second-order valence-electron chi connectivity index (χ2n) is 9.04. The molecule has 1 amide bonds. The van der Waals surface area contributed by atoms with Crippen LogP contribution in [0.4, 0.5) is 5.82 Å². The summed E-state index contributed by atoms with van der Waals surface area (Å²) in [6.07, 6.45) is 3.25. The van der Waals surface area contributed by atoms with Gasteiger partial charge in [0.2, 0.25) is 0 Å². The fourth-order valence-corrected chi connectivity index (χ4v) is 3.36. The predicted octanol–water partition coefficient (Wildman–Crippen LogP) is 4.40. The molecule has 10 nitrogen and oxygen atoms in total. The fraction of sp³-hybridized carbons (Fsp3) is 0.320. The summed E-state index contributed by atoms with van der Waals surface area (Å²) in [6, 6.07) is 8.54. The van der Waals surface area contributed by atoms with Crippen molar-refractivity contribution in [3.63, 3.8) is 0 Å². The standard InChI is InChI=1S/C25H28N6O4/c1-15-18(16(2)35-30-15)14-34-19-9-8-17(12-20(19)33-6)23(32)28-22-13-21(25(3,4)5)29-31(22)24-26-10-7-11-27-24/h7-13H,14H2,1-6H3,(H,28,32). The highest BCUT2D eigenvalue weighted by Gasteiger charge is 2.23. The SMILES string of the molecule is COc1cc(C(=O)Nc2cc(C(C)(C)C)nn2-c2ncccn2)ccc1OCc1c(C)noc1C. The van der Waals surface area contributed by atoms with Crippen LogP contribution in [-0.2, 0) is 12.0 Å². The highest BCUT2D eigenvalue weighted by Crippen LogP contribution is 2.30. The van der Waals surface area contributed by atoms with Crippen LogP contribution >= 0.6 is 0 Å². The molecule has 0 unspecified atom stereocenters. The molecule has 4 rings (SSSR count). The van der Waals surface area contributed by atoms with E-state index in [-0.39, 0.29) is 17.9 Å². The number of ether oxygens (including phenoxy) is 2. The molecule has 10 heteroatoms. The summed E-state index contributed by atoms with van der Waals surface area (Å²) < 4.78 is 18.1. The van der Waals surface area contributed by atoms with Crippen LogP contribution in [0.2, 0.25) is 0 Å². The molecule has 0 saturated carbocycles. The van der Waals surface area contributed by atoms with Gasteiger partial charge in [0.1, 0.15) is 18.2 Å². The minimum atomic E-state index is -0.335. The van der Waals surface area contributed by atoms with Crippen molar-refractivity contribution in [3.8, 4) is 17.4 Å². The van der Waals surface area contributed by atoms with Crippen molar-refractivity contribution in [1.82, 2.24) is 24.9 Å². The number of benzene rings is 1. The zero-order chi connectivity index (χ0) is 25.2. The first-order valence-electron chi connectivity index (χ1n) is 11.1. The normalized spacial score (nSPS) is 11.4. The molecule has 0 fully saturated rings. The molecule has 182 valence electrons. The van der Waals surface area contributed by atoms with E-state index >= 15 is 0 Å². The molecule has 0 atom stereocenters. The van der Waals surface area contributed by atoms with E-state index in [1.807, 2.05) is 40.7 Å². The molecular weight excluding hydrogens is 448 g/mol. The molecule has 1 aromatic carbocycles. The molecule has 0 spiro atoms. The minimum Gasteiger partial charge on any atom is -0.493 e. The molecule has 0 bridgehead atoms. The fourth-order valence-electron chi connectivity index (χ4n) is 3.36. The molecule has 0 aliphatic heterocycles. The maximum absolute atomic E-state index is 13.2. The summed E-state index contributed by atoms with van der Waals surface area (Å²) in [7, 11) is 1.53. The smallest absolute Gasteiger partial charge is 0.256 e. The molecule has 0 aliphatic rings. The average Bonchev–Trinajstić information content (AvgIpc) is 3.41. The van der Waals surface area contributed by atoms with Crippen LogP contribution in [-0.4, -0.2) is 37.9 Å². The van der Waals surface area contributed by atoms with Crippen molar-refractivity contribution in [3.05, 3.63) is 71.0 Å². The summed E-state index contributed by atoms with van der Waals surface area (Å²) in [5.74, 6) is 2.12. The van der Waals surface area contributed by atoms with Gasteiger partial charge in [0.15, 0.2) is 11.5 Å². The number of rotatable bonds is 7. The highest BCUT2D eigenvalue weighted by molar-refractivity contribution is 6.04. The monoisotopic (exact) mass is 476 g/mol. The lowest BCUT2D eigenvalue weighted by Crippen LogP contribution is -2.16. The van der Waals surface area contributed by atoms with Crippen LogP contribution < -0.4 is 14.8 Å². The maximum Gasteiger partial charge on any atom is 0.256 e. The first kappa shape index (κ1) is 23.9. The Kier molecular flexibility index (Phi) is 6.54. The van der Waals surface area contributed by atoms with Gasteiger partial charge in [-0.2, -0.15) is 9.78 Å². The largest absolute Gasteiger partial charge is 0.493 e. The van der Waals surface area contributed by atoms with Gasteiger partial charge in [-0.05, 0) is 38.1 Å². The summed E-state index contributed by atoms with van der Waals surface area (Å²) in [5.41, 5.74) is 2.60. The Hall–Kier alpha value is -4.21. The third-order valence-corrected chi connectivity index (χ3v) is 5.44. The maximum atomic E-state index is 13.2. The van der Waals surface area contributed by atoms with E-state index in [2.05, 4.69) is 25.5 Å². The number of nitrogens with one attached hydrogen (secondary N) is 1. The second-order valence-corrected chi connectivity index (χ2v) is 9.04. The van der Waals surface area contributed by atoms with Gasteiger partial charge in [-0.1, -0.05) is 25.9 Å². The predicted molar refractivity (Wildman–Crippen MR) is 129 cm³/mol. The number of amides is 1. The molecule has 0 saturated heterocycles. The van der Waals surface area contributed by atoms with Crippen molar-refractivity contribution in [2.45, 2.75) is 46.6 Å². The van der Waals surface area contributed by atoms with E-state index < -0.39 is 0 Å². The van der Waals surface area contributed by atoms with Gasteiger partial charge in [-0.3, -0.25) is 4.79 Å². The van der Waals surface area contributed by atoms with Gasteiger partial charge < -0.3 is 19.3 Å². The van der Waals surface area contributed by atoms with Crippen LogP contribution in [0.1, 0.15) is 53.8 Å². The van der Waals surface area contributed by atoms with Crippen LogP contribution in [0.3, 0.4) is 0 Å². The molecule has 35 heavy (non-hydrogen) atoms. The molecule has 1 N–H and O–H groups in total. The number of hydrogen-bond acceptors (Lipinski definition) is 8. The third-order valence-electron chi connectivity index (χ3n) is 5.44. The van der Waals surface area contributed by atoms with E-state index in [1.165, 1.54) is 11.8 Å². The minimum absolute atomic E-state index is 0.233. The number of nitrogens with zero attached hydrogens (tertiary/aromatic N) is 5. The number of aryl methyl sites for hydroxylation is 2. The van der Waals surface area contributed by atoms with Crippen LogP contribution in [0.25, 0.3) is 5.95 Å². The number of anilines is 1. The van der Waals surface area contributed by atoms with Crippen molar-refractivity contribution in [2.24, 2.45) is 0 Å². The van der Waals surface area contributed by atoms with E-state index in [1.54, 1.807) is 36.7 Å². The van der Waals surface area contributed by atoms with Crippen molar-refractivity contribution >= 4 is 11.7 Å². The van der Waals surface area contributed by atoms with Crippen LogP contribution in [0.15, 0.2) is 47.2 Å². The topological polar surface area (TPSA) is 117 Å². The average molecular weight is 477 g/mol. The van der Waals surface area contributed by atoms with Gasteiger partial charge in [0.25, 0.3) is 11.9 Å². The lowest BCUT2D eigenvalue weighted by atomic mass is 9.92. The van der Waals surface area contributed by atoms with Crippen molar-refractivity contribution in [1.29, 1.82) is 0 Å². The Morgan fingerprint density at radius 2 is 1.86 bits per heavy atom.